The van der Waals surface area contributed by atoms with Gasteiger partial charge in [-0.15, -0.1) is 12.4 Å². The molecular weight excluding hydrogens is 236 g/mol. The summed E-state index contributed by atoms with van der Waals surface area (Å²) in [6, 6.07) is -1.01. The van der Waals surface area contributed by atoms with Gasteiger partial charge in [0.25, 0.3) is 0 Å². The number of carbonyl (C=O) groups is 1. The van der Waals surface area contributed by atoms with Gasteiger partial charge in [-0.25, -0.2) is 0 Å². The highest BCUT2D eigenvalue weighted by atomic mass is 35.5. The van der Waals surface area contributed by atoms with E-state index in [0.717, 1.165) is 0 Å². The van der Waals surface area contributed by atoms with E-state index in [1.807, 2.05) is 21.1 Å². The molecule has 0 aliphatic carbocycles. The fraction of sp³-hybridized carbons (Fsp3) is 0.889. The lowest BCUT2D eigenvalue weighted by Crippen LogP contribution is -2.48. The molecule has 16 heavy (non-hydrogen) atoms. The molecule has 0 rings (SSSR count). The number of carboxylic acids is 1. The SMILES string of the molecule is C[N+](C)(C)CC(O)CN[C@@H](CO)C(=O)O.Cl. The van der Waals surface area contributed by atoms with Crippen molar-refractivity contribution >= 4 is 18.4 Å². The molecule has 7 heteroatoms. The molecule has 0 bridgehead atoms. The van der Waals surface area contributed by atoms with E-state index in [1.165, 1.54) is 0 Å². The van der Waals surface area contributed by atoms with Crippen molar-refractivity contribution in [3.63, 3.8) is 0 Å². The van der Waals surface area contributed by atoms with Gasteiger partial charge in [0.15, 0.2) is 0 Å². The van der Waals surface area contributed by atoms with Gasteiger partial charge in [-0.1, -0.05) is 0 Å². The lowest BCUT2D eigenvalue weighted by molar-refractivity contribution is -0.873. The maximum Gasteiger partial charge on any atom is 0.323 e. The molecule has 0 saturated carbocycles. The molecular formula is C9H22ClN2O4+. The summed E-state index contributed by atoms with van der Waals surface area (Å²) in [5, 5.41) is 29.5. The van der Waals surface area contributed by atoms with Crippen LogP contribution in [0.25, 0.3) is 0 Å². The fourth-order valence-electron chi connectivity index (χ4n) is 1.21. The van der Waals surface area contributed by atoms with Gasteiger partial charge in [-0.05, 0) is 0 Å². The van der Waals surface area contributed by atoms with Crippen LogP contribution in [0.5, 0.6) is 0 Å². The van der Waals surface area contributed by atoms with Gasteiger partial charge >= 0.3 is 5.97 Å². The molecule has 0 spiro atoms. The minimum Gasteiger partial charge on any atom is -0.480 e. The molecule has 0 aromatic heterocycles. The number of aliphatic hydroxyl groups excluding tert-OH is 2. The number of likely N-dealkylation sites (N-methyl/N-ethyl adjacent to an activating group) is 1. The third-order valence-corrected chi connectivity index (χ3v) is 1.84. The number of carboxylic acid groups (broad SMARTS) is 1. The van der Waals surface area contributed by atoms with Crippen molar-refractivity contribution in [3.8, 4) is 0 Å². The molecule has 0 heterocycles. The monoisotopic (exact) mass is 257 g/mol. The van der Waals surface area contributed by atoms with E-state index in [9.17, 15) is 9.90 Å². The Labute approximate surface area is 102 Å². The standard InChI is InChI=1S/C9H20N2O4.ClH/c1-11(2,3)5-7(13)4-10-8(6-12)9(14)15;/h7-8,10,12-13H,4-6H2,1-3H3;1H/p+1/t7?,8-;/m0./s1. The van der Waals surface area contributed by atoms with Crippen LogP contribution in [-0.4, -0.2) is 78.8 Å². The van der Waals surface area contributed by atoms with Crippen molar-refractivity contribution in [3.05, 3.63) is 0 Å². The third-order valence-electron chi connectivity index (χ3n) is 1.84. The van der Waals surface area contributed by atoms with Gasteiger partial charge < -0.3 is 19.8 Å². The Bertz CT molecular complexity index is 208. The van der Waals surface area contributed by atoms with Crippen molar-refractivity contribution in [2.75, 3.05) is 40.8 Å². The topological polar surface area (TPSA) is 89.8 Å². The van der Waals surface area contributed by atoms with Crippen LogP contribution in [0.4, 0.5) is 0 Å². The zero-order valence-electron chi connectivity index (χ0n) is 9.88. The second-order valence-corrected chi connectivity index (χ2v) is 4.61. The molecule has 1 unspecified atom stereocenters. The molecule has 98 valence electrons. The van der Waals surface area contributed by atoms with E-state index < -0.39 is 24.7 Å². The van der Waals surface area contributed by atoms with Gasteiger partial charge in [0.05, 0.1) is 27.7 Å². The van der Waals surface area contributed by atoms with Crippen molar-refractivity contribution in [2.24, 2.45) is 0 Å². The first kappa shape index (κ1) is 18.0. The lowest BCUT2D eigenvalue weighted by Gasteiger charge is -2.27. The highest BCUT2D eigenvalue weighted by Gasteiger charge is 2.19. The number of quaternary nitrogens is 1. The molecule has 0 saturated heterocycles. The van der Waals surface area contributed by atoms with E-state index in [2.05, 4.69) is 5.32 Å². The maximum absolute atomic E-state index is 10.5. The summed E-state index contributed by atoms with van der Waals surface area (Å²) in [5.41, 5.74) is 0. The van der Waals surface area contributed by atoms with Crippen LogP contribution in [0.1, 0.15) is 0 Å². The number of aliphatic hydroxyl groups is 2. The third kappa shape index (κ3) is 8.87. The summed E-state index contributed by atoms with van der Waals surface area (Å²) in [4.78, 5) is 10.5. The van der Waals surface area contributed by atoms with Crippen LogP contribution in [0.3, 0.4) is 0 Å². The predicted molar refractivity (Wildman–Crippen MR) is 62.7 cm³/mol. The van der Waals surface area contributed by atoms with E-state index in [-0.39, 0.29) is 19.0 Å². The lowest BCUT2D eigenvalue weighted by atomic mass is 10.2. The first-order chi connectivity index (χ1) is 6.76. The van der Waals surface area contributed by atoms with Crippen molar-refractivity contribution in [2.45, 2.75) is 12.1 Å². The molecule has 0 radical (unpaired) electrons. The highest BCUT2D eigenvalue weighted by molar-refractivity contribution is 5.85. The summed E-state index contributed by atoms with van der Waals surface area (Å²) in [7, 11) is 5.80. The van der Waals surface area contributed by atoms with Gasteiger partial charge in [-0.3, -0.25) is 10.1 Å². The normalized spacial score (nSPS) is 15.1. The number of hydrogen-bond acceptors (Lipinski definition) is 4. The average Bonchev–Trinajstić information content (AvgIpc) is 2.01. The van der Waals surface area contributed by atoms with E-state index in [4.69, 9.17) is 10.2 Å². The van der Waals surface area contributed by atoms with Crippen LogP contribution < -0.4 is 5.32 Å². The van der Waals surface area contributed by atoms with Crippen LogP contribution in [0, 0.1) is 0 Å². The quantitative estimate of drug-likeness (QED) is 0.418. The maximum atomic E-state index is 10.5. The number of nitrogens with zero attached hydrogens (tertiary/aromatic N) is 1. The summed E-state index contributed by atoms with van der Waals surface area (Å²) in [5.74, 6) is -1.12. The summed E-state index contributed by atoms with van der Waals surface area (Å²) in [6.07, 6.45) is -0.626. The van der Waals surface area contributed by atoms with Crippen LogP contribution in [0.2, 0.25) is 0 Å². The smallest absolute Gasteiger partial charge is 0.323 e. The second-order valence-electron chi connectivity index (χ2n) is 4.61. The number of rotatable bonds is 7. The van der Waals surface area contributed by atoms with Crippen LogP contribution in [-0.2, 0) is 4.79 Å². The first-order valence-corrected chi connectivity index (χ1v) is 4.82. The number of nitrogens with one attached hydrogen (secondary N) is 1. The molecule has 4 N–H and O–H groups in total. The zero-order chi connectivity index (χ0) is 12.1. The molecule has 2 atom stereocenters. The largest absolute Gasteiger partial charge is 0.480 e. The van der Waals surface area contributed by atoms with Gasteiger partial charge in [-0.2, -0.15) is 0 Å². The van der Waals surface area contributed by atoms with Crippen molar-refractivity contribution in [1.82, 2.24) is 5.32 Å². The molecule has 0 aromatic carbocycles. The molecule has 0 fully saturated rings. The van der Waals surface area contributed by atoms with Crippen molar-refractivity contribution < 1.29 is 24.6 Å². The van der Waals surface area contributed by atoms with Crippen LogP contribution >= 0.6 is 12.4 Å². The number of aliphatic carboxylic acids is 1. The Morgan fingerprint density at radius 2 is 1.88 bits per heavy atom. The molecule has 0 aromatic rings. The molecule has 0 amide bonds. The minimum absolute atomic E-state index is 0. The van der Waals surface area contributed by atoms with E-state index in [0.29, 0.717) is 11.0 Å². The van der Waals surface area contributed by atoms with E-state index in [1.54, 1.807) is 0 Å². The van der Waals surface area contributed by atoms with Gasteiger partial charge in [0.1, 0.15) is 18.7 Å². The number of halogens is 1. The summed E-state index contributed by atoms with van der Waals surface area (Å²) >= 11 is 0. The summed E-state index contributed by atoms with van der Waals surface area (Å²) < 4.78 is 0.597. The predicted octanol–water partition coefficient (Wildman–Crippen LogP) is -1.49. The first-order valence-electron chi connectivity index (χ1n) is 4.82. The Morgan fingerprint density at radius 1 is 1.38 bits per heavy atom. The van der Waals surface area contributed by atoms with Crippen LogP contribution in [0.15, 0.2) is 0 Å². The zero-order valence-corrected chi connectivity index (χ0v) is 10.7. The van der Waals surface area contributed by atoms with Gasteiger partial charge in [0, 0.05) is 6.54 Å². The van der Waals surface area contributed by atoms with Gasteiger partial charge in [0.2, 0.25) is 0 Å². The average molecular weight is 258 g/mol. The molecule has 0 aliphatic rings. The molecule has 6 nitrogen and oxygen atoms in total. The summed E-state index contributed by atoms with van der Waals surface area (Å²) in [6.45, 7) is 0.199. The van der Waals surface area contributed by atoms with E-state index >= 15 is 0 Å². The second kappa shape index (κ2) is 7.81. The Hall–Kier alpha value is -0.400. The Kier molecular flexibility index (Phi) is 8.77. The highest BCUT2D eigenvalue weighted by Crippen LogP contribution is 1.94. The Balaban J connectivity index is 0. The minimum atomic E-state index is -1.12. The van der Waals surface area contributed by atoms with Crippen molar-refractivity contribution in [1.29, 1.82) is 0 Å². The fourth-order valence-corrected chi connectivity index (χ4v) is 1.21. The molecule has 0 aliphatic heterocycles. The Morgan fingerprint density at radius 3 is 2.19 bits per heavy atom. The number of hydrogen-bond donors (Lipinski definition) is 4.